The Kier molecular flexibility index (Phi) is 5.08. The number of carbonyl (C=O) groups is 2. The summed E-state index contributed by atoms with van der Waals surface area (Å²) >= 11 is 0. The van der Waals surface area contributed by atoms with E-state index in [1.165, 1.54) is 18.9 Å². The van der Waals surface area contributed by atoms with Crippen molar-refractivity contribution in [3.63, 3.8) is 0 Å². The normalized spacial score (nSPS) is 11.8. The van der Waals surface area contributed by atoms with E-state index in [1.54, 1.807) is 18.3 Å². The summed E-state index contributed by atoms with van der Waals surface area (Å²) in [5.41, 5.74) is 11.9. The first kappa shape index (κ1) is 19.0. The van der Waals surface area contributed by atoms with Gasteiger partial charge in [0.25, 0.3) is 5.91 Å². The molecule has 0 aliphatic heterocycles. The van der Waals surface area contributed by atoms with Crippen LogP contribution in [0.5, 0.6) is 0 Å². The minimum absolute atomic E-state index is 0.0581. The van der Waals surface area contributed by atoms with Crippen molar-refractivity contribution in [2.75, 3.05) is 17.3 Å². The lowest BCUT2D eigenvalue weighted by Gasteiger charge is -2.24. The van der Waals surface area contributed by atoms with Gasteiger partial charge in [0.15, 0.2) is 11.6 Å². The Labute approximate surface area is 160 Å². The van der Waals surface area contributed by atoms with Gasteiger partial charge in [-0.15, -0.1) is 0 Å². The van der Waals surface area contributed by atoms with Gasteiger partial charge in [-0.1, -0.05) is 12.1 Å². The quantitative estimate of drug-likeness (QED) is 0.598. The number of benzene rings is 1. The van der Waals surface area contributed by atoms with Crippen molar-refractivity contribution in [2.45, 2.75) is 13.0 Å². The minimum atomic E-state index is -0.843. The molecule has 3 rings (SSSR count). The summed E-state index contributed by atoms with van der Waals surface area (Å²) in [6.07, 6.45) is 1.66. The number of nitrogens with zero attached hydrogens (tertiary/aromatic N) is 3. The molecule has 2 amide bonds. The smallest absolute Gasteiger partial charge is 0.252 e. The third kappa shape index (κ3) is 3.68. The molecular formula is C19H19FN6O2. The maximum atomic E-state index is 14.5. The SMILES string of the molecule is C[C@H](C(N)=O)N(C)c1nc(Nc2ccc3cccnc3c2)c(C(N)=O)cc1F. The predicted octanol–water partition coefficient (Wildman–Crippen LogP) is 1.92. The molecule has 2 heterocycles. The molecule has 1 aromatic carbocycles. The molecule has 144 valence electrons. The highest BCUT2D eigenvalue weighted by atomic mass is 19.1. The number of nitrogens with two attached hydrogens (primary N) is 2. The maximum Gasteiger partial charge on any atom is 0.252 e. The van der Waals surface area contributed by atoms with Crippen LogP contribution < -0.4 is 21.7 Å². The maximum absolute atomic E-state index is 14.5. The van der Waals surface area contributed by atoms with E-state index >= 15 is 0 Å². The van der Waals surface area contributed by atoms with Crippen molar-refractivity contribution in [1.29, 1.82) is 0 Å². The average molecular weight is 382 g/mol. The van der Waals surface area contributed by atoms with Crippen LogP contribution >= 0.6 is 0 Å². The number of hydrogen-bond donors (Lipinski definition) is 3. The number of nitrogens with one attached hydrogen (secondary N) is 1. The molecule has 9 heteroatoms. The Morgan fingerprint density at radius 1 is 1.21 bits per heavy atom. The number of rotatable bonds is 6. The van der Waals surface area contributed by atoms with Crippen LogP contribution in [0.1, 0.15) is 17.3 Å². The van der Waals surface area contributed by atoms with Crippen LogP contribution in [0.3, 0.4) is 0 Å². The standard InChI is InChI=1S/C19H19FN6O2/c1-10(16(21)27)26(2)19-14(20)9-13(17(22)28)18(25-19)24-12-6-5-11-4-3-7-23-15(11)8-12/h3-10H,1-2H3,(H2,21,27)(H2,22,28)(H,24,25)/t10-/m1/s1. The molecule has 0 saturated carbocycles. The number of primary amides is 2. The summed E-state index contributed by atoms with van der Waals surface area (Å²) in [5.74, 6) is -2.36. The number of aromatic nitrogens is 2. The molecule has 5 N–H and O–H groups in total. The molecule has 8 nitrogen and oxygen atoms in total. The van der Waals surface area contributed by atoms with Gasteiger partial charge in [0.2, 0.25) is 5.91 Å². The van der Waals surface area contributed by atoms with E-state index in [0.29, 0.717) is 5.69 Å². The molecule has 2 aromatic heterocycles. The van der Waals surface area contributed by atoms with E-state index in [9.17, 15) is 14.0 Å². The number of carbonyl (C=O) groups excluding carboxylic acids is 2. The fourth-order valence-corrected chi connectivity index (χ4v) is 2.66. The summed E-state index contributed by atoms with van der Waals surface area (Å²) in [5, 5.41) is 3.91. The Hall–Kier alpha value is -3.75. The van der Waals surface area contributed by atoms with Gasteiger partial charge in [-0.05, 0) is 31.2 Å². The van der Waals surface area contributed by atoms with Gasteiger partial charge in [-0.3, -0.25) is 14.6 Å². The molecule has 0 spiro atoms. The molecule has 0 bridgehead atoms. The zero-order valence-corrected chi connectivity index (χ0v) is 15.3. The van der Waals surface area contributed by atoms with Crippen LogP contribution in [0.4, 0.5) is 21.7 Å². The van der Waals surface area contributed by atoms with Crippen LogP contribution in [-0.4, -0.2) is 34.9 Å². The van der Waals surface area contributed by atoms with Gasteiger partial charge >= 0.3 is 0 Å². The Bertz CT molecular complexity index is 1070. The van der Waals surface area contributed by atoms with Crippen molar-refractivity contribution in [3.05, 3.63) is 54.0 Å². The van der Waals surface area contributed by atoms with Gasteiger partial charge in [0, 0.05) is 24.3 Å². The van der Waals surface area contributed by atoms with Crippen molar-refractivity contribution < 1.29 is 14.0 Å². The highest BCUT2D eigenvalue weighted by molar-refractivity contribution is 5.99. The summed E-state index contributed by atoms with van der Waals surface area (Å²) in [7, 11) is 1.48. The lowest BCUT2D eigenvalue weighted by atomic mass is 10.2. The van der Waals surface area contributed by atoms with E-state index < -0.39 is 23.7 Å². The van der Waals surface area contributed by atoms with Gasteiger partial charge in [-0.25, -0.2) is 9.37 Å². The molecule has 1 atom stereocenters. The van der Waals surface area contributed by atoms with E-state index in [4.69, 9.17) is 11.5 Å². The third-order valence-corrected chi connectivity index (χ3v) is 4.42. The summed E-state index contributed by atoms with van der Waals surface area (Å²) in [4.78, 5) is 33.0. The van der Waals surface area contributed by atoms with Crippen LogP contribution in [0.25, 0.3) is 10.9 Å². The van der Waals surface area contributed by atoms with E-state index in [1.807, 2.05) is 18.2 Å². The fraction of sp³-hybridized carbons (Fsp3) is 0.158. The molecule has 0 saturated heterocycles. The van der Waals surface area contributed by atoms with Crippen molar-refractivity contribution >= 4 is 40.0 Å². The van der Waals surface area contributed by atoms with Crippen molar-refractivity contribution in [3.8, 4) is 0 Å². The molecule has 28 heavy (non-hydrogen) atoms. The molecule has 0 aliphatic rings. The first-order valence-electron chi connectivity index (χ1n) is 8.42. The number of fused-ring (bicyclic) bond motifs is 1. The second-order valence-electron chi connectivity index (χ2n) is 6.28. The zero-order valence-electron chi connectivity index (χ0n) is 15.3. The highest BCUT2D eigenvalue weighted by Gasteiger charge is 2.23. The van der Waals surface area contributed by atoms with Crippen LogP contribution in [0, 0.1) is 5.82 Å². The first-order valence-corrected chi connectivity index (χ1v) is 8.42. The van der Waals surface area contributed by atoms with Crippen LogP contribution in [0.15, 0.2) is 42.6 Å². The topological polar surface area (TPSA) is 127 Å². The average Bonchev–Trinajstić information content (AvgIpc) is 2.67. The third-order valence-electron chi connectivity index (χ3n) is 4.42. The number of pyridine rings is 2. The number of halogens is 1. The van der Waals surface area contributed by atoms with E-state index in [0.717, 1.165) is 17.0 Å². The number of hydrogen-bond acceptors (Lipinski definition) is 6. The zero-order chi connectivity index (χ0) is 20.4. The highest BCUT2D eigenvalue weighted by Crippen LogP contribution is 2.27. The lowest BCUT2D eigenvalue weighted by molar-refractivity contribution is -0.118. The molecule has 0 aliphatic carbocycles. The molecule has 0 fully saturated rings. The lowest BCUT2D eigenvalue weighted by Crippen LogP contribution is -2.41. The summed E-state index contributed by atoms with van der Waals surface area (Å²) in [6.45, 7) is 1.52. The Balaban J connectivity index is 2.05. The van der Waals surface area contributed by atoms with E-state index in [-0.39, 0.29) is 17.2 Å². The Morgan fingerprint density at radius 3 is 2.64 bits per heavy atom. The Morgan fingerprint density at radius 2 is 1.96 bits per heavy atom. The number of anilines is 3. The molecular weight excluding hydrogens is 363 g/mol. The van der Waals surface area contributed by atoms with Crippen LogP contribution in [0.2, 0.25) is 0 Å². The molecule has 3 aromatic rings. The van der Waals surface area contributed by atoms with Crippen molar-refractivity contribution in [2.24, 2.45) is 11.5 Å². The second kappa shape index (κ2) is 7.47. The van der Waals surface area contributed by atoms with E-state index in [2.05, 4.69) is 15.3 Å². The number of amides is 2. The predicted molar refractivity (Wildman–Crippen MR) is 105 cm³/mol. The van der Waals surface area contributed by atoms with Gasteiger partial charge in [-0.2, -0.15) is 0 Å². The summed E-state index contributed by atoms with van der Waals surface area (Å²) in [6, 6.07) is 9.30. The number of likely N-dealkylation sites (N-methyl/N-ethyl adjacent to an activating group) is 1. The van der Waals surface area contributed by atoms with Gasteiger partial charge in [0.1, 0.15) is 11.9 Å². The second-order valence-corrected chi connectivity index (χ2v) is 6.28. The van der Waals surface area contributed by atoms with Gasteiger partial charge < -0.3 is 21.7 Å². The summed E-state index contributed by atoms with van der Waals surface area (Å²) < 4.78 is 14.5. The largest absolute Gasteiger partial charge is 0.368 e. The molecule has 0 unspecified atom stereocenters. The van der Waals surface area contributed by atoms with Crippen LogP contribution in [-0.2, 0) is 4.79 Å². The minimum Gasteiger partial charge on any atom is -0.368 e. The monoisotopic (exact) mass is 382 g/mol. The van der Waals surface area contributed by atoms with Crippen molar-refractivity contribution in [1.82, 2.24) is 9.97 Å². The molecule has 0 radical (unpaired) electrons. The van der Waals surface area contributed by atoms with Gasteiger partial charge in [0.05, 0.1) is 11.1 Å². The fourth-order valence-electron chi connectivity index (χ4n) is 2.66. The first-order chi connectivity index (χ1) is 13.3.